The molecule has 13 heavy (non-hydrogen) atoms. The van der Waals surface area contributed by atoms with Crippen LogP contribution in [0.4, 0.5) is 8.78 Å². The summed E-state index contributed by atoms with van der Waals surface area (Å²) >= 11 is 0. The van der Waals surface area contributed by atoms with E-state index in [0.717, 1.165) is 12.3 Å². The molecule has 0 N–H and O–H groups in total. The van der Waals surface area contributed by atoms with Gasteiger partial charge in [0.1, 0.15) is 5.82 Å². The normalized spacial score (nSPS) is 11.6. The SMILES string of the molecule is [CH2]S(=O)(=O)Cc1c(F)ccnc1F. The largest absolute Gasteiger partial charge is 0.228 e. The molecule has 0 bridgehead atoms. The topological polar surface area (TPSA) is 47.0 Å². The Balaban J connectivity index is 3.15. The molecule has 1 aromatic heterocycles. The van der Waals surface area contributed by atoms with E-state index in [1.54, 1.807) is 0 Å². The molecule has 1 radical (unpaired) electrons. The Morgan fingerprint density at radius 1 is 1.46 bits per heavy atom. The van der Waals surface area contributed by atoms with Crippen LogP contribution in [0.25, 0.3) is 0 Å². The molecule has 6 heteroatoms. The summed E-state index contributed by atoms with van der Waals surface area (Å²) in [6.07, 6.45) is 3.68. The molecule has 0 aliphatic heterocycles. The molecular formula is C7H6F2NO2S. The van der Waals surface area contributed by atoms with Crippen LogP contribution in [-0.4, -0.2) is 13.4 Å². The summed E-state index contributed by atoms with van der Waals surface area (Å²) in [5.74, 6) is -2.83. The highest BCUT2D eigenvalue weighted by Crippen LogP contribution is 2.12. The second-order valence-corrected chi connectivity index (χ2v) is 4.23. The van der Waals surface area contributed by atoms with Crippen LogP contribution in [0.3, 0.4) is 0 Å². The zero-order valence-electron chi connectivity index (χ0n) is 6.50. The van der Waals surface area contributed by atoms with E-state index in [1.165, 1.54) is 0 Å². The second kappa shape index (κ2) is 3.37. The number of hydrogen-bond acceptors (Lipinski definition) is 3. The van der Waals surface area contributed by atoms with Gasteiger partial charge in [-0.3, -0.25) is 0 Å². The van der Waals surface area contributed by atoms with Gasteiger partial charge in [-0.1, -0.05) is 0 Å². The highest BCUT2D eigenvalue weighted by atomic mass is 32.2. The van der Waals surface area contributed by atoms with Gasteiger partial charge < -0.3 is 0 Å². The Labute approximate surface area is 74.3 Å². The number of nitrogens with zero attached hydrogens (tertiary/aromatic N) is 1. The molecule has 0 spiro atoms. The molecule has 0 atom stereocenters. The van der Waals surface area contributed by atoms with Crippen LogP contribution in [0.2, 0.25) is 0 Å². The molecule has 0 aliphatic rings. The molecule has 0 aromatic carbocycles. The predicted octanol–water partition coefficient (Wildman–Crippen LogP) is 1.07. The van der Waals surface area contributed by atoms with Crippen LogP contribution in [0.15, 0.2) is 12.3 Å². The van der Waals surface area contributed by atoms with E-state index in [4.69, 9.17) is 0 Å². The van der Waals surface area contributed by atoms with Gasteiger partial charge in [0.2, 0.25) is 5.95 Å². The molecule has 0 saturated heterocycles. The van der Waals surface area contributed by atoms with Crippen molar-refractivity contribution in [1.82, 2.24) is 4.98 Å². The fourth-order valence-electron chi connectivity index (χ4n) is 0.794. The molecule has 0 aliphatic carbocycles. The molecule has 1 heterocycles. The first-order valence-electron chi connectivity index (χ1n) is 3.25. The number of rotatable bonds is 2. The summed E-state index contributed by atoms with van der Waals surface area (Å²) in [5, 5.41) is 0. The number of sulfone groups is 1. The van der Waals surface area contributed by atoms with E-state index in [1.807, 2.05) is 0 Å². The first kappa shape index (κ1) is 10.0. The summed E-state index contributed by atoms with van der Waals surface area (Å²) in [4.78, 5) is 3.13. The third-order valence-electron chi connectivity index (χ3n) is 1.31. The Hall–Kier alpha value is -1.04. The third-order valence-corrected chi connectivity index (χ3v) is 2.04. The number of halogens is 2. The molecule has 0 saturated carbocycles. The maximum atomic E-state index is 12.8. The minimum atomic E-state index is -3.69. The van der Waals surface area contributed by atoms with Crippen molar-refractivity contribution in [1.29, 1.82) is 0 Å². The molecule has 0 fully saturated rings. The average molecular weight is 206 g/mol. The standard InChI is InChI=1S/C7H6F2NO2S/c1-13(11,12)4-5-6(8)2-3-10-7(5)9/h2-3H,1,4H2. The van der Waals surface area contributed by atoms with Crippen molar-refractivity contribution in [2.45, 2.75) is 5.75 Å². The smallest absolute Gasteiger partial charge is 0.220 e. The quantitative estimate of drug-likeness (QED) is 0.680. The molecular weight excluding hydrogens is 200 g/mol. The van der Waals surface area contributed by atoms with Crippen LogP contribution in [0.1, 0.15) is 5.56 Å². The Kier molecular flexibility index (Phi) is 2.60. The molecule has 1 aromatic rings. The van der Waals surface area contributed by atoms with Crippen molar-refractivity contribution in [2.75, 3.05) is 0 Å². The van der Waals surface area contributed by atoms with Gasteiger partial charge in [-0.15, -0.1) is 0 Å². The maximum Gasteiger partial charge on any atom is 0.220 e. The summed E-state index contributed by atoms with van der Waals surface area (Å²) in [6.45, 7) is 0. The average Bonchev–Trinajstić information content (AvgIpc) is 1.95. The first-order chi connectivity index (χ1) is 5.90. The molecule has 0 unspecified atom stereocenters. The van der Waals surface area contributed by atoms with Gasteiger partial charge >= 0.3 is 0 Å². The van der Waals surface area contributed by atoms with Crippen molar-refractivity contribution in [3.63, 3.8) is 0 Å². The Bertz CT molecular complexity index is 396. The van der Waals surface area contributed by atoms with Gasteiger partial charge in [0.25, 0.3) is 0 Å². The van der Waals surface area contributed by atoms with Gasteiger partial charge in [-0.05, 0) is 6.07 Å². The van der Waals surface area contributed by atoms with Crippen molar-refractivity contribution in [2.24, 2.45) is 0 Å². The fraction of sp³-hybridized carbons (Fsp3) is 0.143. The van der Waals surface area contributed by atoms with Crippen LogP contribution in [0, 0.1) is 18.0 Å². The highest BCUT2D eigenvalue weighted by molar-refractivity contribution is 7.91. The Morgan fingerprint density at radius 2 is 2.08 bits per heavy atom. The predicted molar refractivity (Wildman–Crippen MR) is 42.1 cm³/mol. The Morgan fingerprint density at radius 3 is 2.54 bits per heavy atom. The lowest BCUT2D eigenvalue weighted by molar-refractivity contribution is 0.530. The monoisotopic (exact) mass is 206 g/mol. The maximum absolute atomic E-state index is 12.8. The third kappa shape index (κ3) is 2.73. The summed E-state index contributed by atoms with van der Waals surface area (Å²) < 4.78 is 46.8. The lowest BCUT2D eigenvalue weighted by atomic mass is 10.3. The van der Waals surface area contributed by atoms with Crippen molar-refractivity contribution >= 4 is 9.84 Å². The fourth-order valence-corrected chi connectivity index (χ4v) is 1.49. The lowest BCUT2D eigenvalue weighted by Gasteiger charge is -2.01. The van der Waals surface area contributed by atoms with E-state index < -0.39 is 32.9 Å². The summed E-state index contributed by atoms with van der Waals surface area (Å²) in [6, 6.07) is 0.892. The van der Waals surface area contributed by atoms with Crippen LogP contribution in [0.5, 0.6) is 0 Å². The minimum absolute atomic E-state index is 0.572. The van der Waals surface area contributed by atoms with Crippen LogP contribution < -0.4 is 0 Å². The van der Waals surface area contributed by atoms with E-state index in [0.29, 0.717) is 0 Å². The van der Waals surface area contributed by atoms with Gasteiger partial charge in [0.05, 0.1) is 17.6 Å². The van der Waals surface area contributed by atoms with Crippen LogP contribution in [-0.2, 0) is 15.6 Å². The van der Waals surface area contributed by atoms with E-state index in [2.05, 4.69) is 11.2 Å². The summed E-state index contributed by atoms with van der Waals surface area (Å²) in [7, 11) is -3.69. The molecule has 71 valence electrons. The van der Waals surface area contributed by atoms with Crippen molar-refractivity contribution in [3.05, 3.63) is 35.8 Å². The number of pyridine rings is 1. The molecule has 0 amide bonds. The molecule has 1 rings (SSSR count). The zero-order valence-corrected chi connectivity index (χ0v) is 7.31. The number of aromatic nitrogens is 1. The van der Waals surface area contributed by atoms with Crippen LogP contribution >= 0.6 is 0 Å². The summed E-state index contributed by atoms with van der Waals surface area (Å²) in [5.41, 5.74) is -0.572. The molecule has 3 nitrogen and oxygen atoms in total. The number of hydrogen-bond donors (Lipinski definition) is 0. The van der Waals surface area contributed by atoms with Crippen molar-refractivity contribution in [3.8, 4) is 0 Å². The van der Waals surface area contributed by atoms with Gasteiger partial charge in [0.15, 0.2) is 9.84 Å². The van der Waals surface area contributed by atoms with Gasteiger partial charge in [0, 0.05) is 6.20 Å². The van der Waals surface area contributed by atoms with Crippen molar-refractivity contribution < 1.29 is 17.2 Å². The minimum Gasteiger partial charge on any atom is -0.228 e. The van der Waals surface area contributed by atoms with Gasteiger partial charge in [-0.25, -0.2) is 17.8 Å². The highest BCUT2D eigenvalue weighted by Gasteiger charge is 2.14. The lowest BCUT2D eigenvalue weighted by Crippen LogP contribution is -2.05. The first-order valence-corrected chi connectivity index (χ1v) is 5.07. The van der Waals surface area contributed by atoms with E-state index >= 15 is 0 Å². The van der Waals surface area contributed by atoms with Gasteiger partial charge in [-0.2, -0.15) is 4.39 Å². The van der Waals surface area contributed by atoms with E-state index in [9.17, 15) is 17.2 Å². The second-order valence-electron chi connectivity index (χ2n) is 2.45. The van der Waals surface area contributed by atoms with E-state index in [-0.39, 0.29) is 0 Å². The zero-order chi connectivity index (χ0) is 10.1.